The Morgan fingerprint density at radius 3 is 2.87 bits per heavy atom. The number of hydrogen-bond acceptors (Lipinski definition) is 2. The van der Waals surface area contributed by atoms with Crippen molar-refractivity contribution in [3.8, 4) is 0 Å². The standard InChI is InChI=1S/C11H16ClNOS/c1-9-5-6-10(15-9)8-13-11(14)4-2-3-7-12/h5-6H,2-4,7-8H2,1H3,(H,13,14). The average molecular weight is 246 g/mol. The lowest BCUT2D eigenvalue weighted by atomic mass is 10.2. The number of unbranched alkanes of at least 4 members (excludes halogenated alkanes) is 1. The molecule has 1 heterocycles. The highest BCUT2D eigenvalue weighted by Gasteiger charge is 2.01. The first-order valence-electron chi connectivity index (χ1n) is 5.10. The third kappa shape index (κ3) is 5.19. The molecule has 0 aliphatic heterocycles. The number of thiophene rings is 1. The summed E-state index contributed by atoms with van der Waals surface area (Å²) >= 11 is 7.25. The number of halogens is 1. The second-order valence-electron chi connectivity index (χ2n) is 3.44. The van der Waals surface area contributed by atoms with Crippen LogP contribution >= 0.6 is 22.9 Å². The van der Waals surface area contributed by atoms with Gasteiger partial charge in [0, 0.05) is 22.1 Å². The third-order valence-corrected chi connectivity index (χ3v) is 3.31. The minimum atomic E-state index is 0.117. The SMILES string of the molecule is Cc1ccc(CNC(=O)CCCCCl)s1. The minimum absolute atomic E-state index is 0.117. The van der Waals surface area contributed by atoms with Crippen LogP contribution < -0.4 is 5.32 Å². The molecule has 0 saturated carbocycles. The highest BCUT2D eigenvalue weighted by molar-refractivity contribution is 7.11. The molecule has 0 aliphatic rings. The molecule has 15 heavy (non-hydrogen) atoms. The Morgan fingerprint density at radius 2 is 2.27 bits per heavy atom. The maximum Gasteiger partial charge on any atom is 0.220 e. The molecule has 0 aromatic carbocycles. The van der Waals surface area contributed by atoms with Gasteiger partial charge in [-0.3, -0.25) is 4.79 Å². The van der Waals surface area contributed by atoms with E-state index < -0.39 is 0 Å². The summed E-state index contributed by atoms with van der Waals surface area (Å²) in [7, 11) is 0. The van der Waals surface area contributed by atoms with Gasteiger partial charge in [0.1, 0.15) is 0 Å². The molecule has 0 aliphatic carbocycles. The molecule has 1 aromatic heterocycles. The molecule has 84 valence electrons. The lowest BCUT2D eigenvalue weighted by Crippen LogP contribution is -2.21. The van der Waals surface area contributed by atoms with E-state index in [2.05, 4.69) is 24.4 Å². The predicted octanol–water partition coefficient (Wildman–Crippen LogP) is 3.08. The van der Waals surface area contributed by atoms with Gasteiger partial charge in [-0.25, -0.2) is 0 Å². The summed E-state index contributed by atoms with van der Waals surface area (Å²) in [6.07, 6.45) is 2.36. The van der Waals surface area contributed by atoms with Gasteiger partial charge in [0.2, 0.25) is 5.91 Å². The van der Waals surface area contributed by atoms with Crippen molar-refractivity contribution in [2.45, 2.75) is 32.7 Å². The summed E-state index contributed by atoms with van der Waals surface area (Å²) in [5, 5.41) is 2.90. The molecule has 0 atom stereocenters. The molecule has 0 spiro atoms. The summed E-state index contributed by atoms with van der Waals surface area (Å²) in [6.45, 7) is 2.72. The van der Waals surface area contributed by atoms with Crippen molar-refractivity contribution >= 4 is 28.8 Å². The highest BCUT2D eigenvalue weighted by Crippen LogP contribution is 2.14. The van der Waals surface area contributed by atoms with E-state index >= 15 is 0 Å². The molecule has 0 fully saturated rings. The van der Waals surface area contributed by atoms with E-state index in [0.717, 1.165) is 12.8 Å². The van der Waals surface area contributed by atoms with Crippen molar-refractivity contribution < 1.29 is 4.79 Å². The largest absolute Gasteiger partial charge is 0.351 e. The summed E-state index contributed by atoms with van der Waals surface area (Å²) < 4.78 is 0. The third-order valence-electron chi connectivity index (χ3n) is 2.04. The Bertz CT molecular complexity index is 311. The topological polar surface area (TPSA) is 29.1 Å². The Hall–Kier alpha value is -0.540. The van der Waals surface area contributed by atoms with Crippen molar-refractivity contribution in [1.82, 2.24) is 5.32 Å². The van der Waals surface area contributed by atoms with Gasteiger partial charge in [0.25, 0.3) is 0 Å². The van der Waals surface area contributed by atoms with Gasteiger partial charge in [0.15, 0.2) is 0 Å². The maximum absolute atomic E-state index is 11.3. The Kier molecular flexibility index (Phi) is 5.73. The number of aryl methyl sites for hydroxylation is 1. The zero-order valence-electron chi connectivity index (χ0n) is 8.88. The van der Waals surface area contributed by atoms with Crippen LogP contribution in [0.2, 0.25) is 0 Å². The second-order valence-corrected chi connectivity index (χ2v) is 5.19. The zero-order chi connectivity index (χ0) is 11.1. The number of nitrogens with one attached hydrogen (secondary N) is 1. The molecular weight excluding hydrogens is 230 g/mol. The molecule has 1 rings (SSSR count). The van der Waals surface area contributed by atoms with Crippen LogP contribution in [0.25, 0.3) is 0 Å². The van der Waals surface area contributed by atoms with Crippen molar-refractivity contribution in [3.63, 3.8) is 0 Å². The van der Waals surface area contributed by atoms with Gasteiger partial charge in [-0.05, 0) is 31.9 Å². The predicted molar refractivity (Wildman–Crippen MR) is 65.5 cm³/mol. The van der Waals surface area contributed by atoms with Gasteiger partial charge in [0.05, 0.1) is 6.54 Å². The van der Waals surface area contributed by atoms with Crippen molar-refractivity contribution in [3.05, 3.63) is 21.9 Å². The van der Waals surface area contributed by atoms with Crippen molar-refractivity contribution in [1.29, 1.82) is 0 Å². The quantitative estimate of drug-likeness (QED) is 0.606. The normalized spacial score (nSPS) is 10.3. The Balaban J connectivity index is 2.16. The molecule has 2 nitrogen and oxygen atoms in total. The Labute approximate surface area is 99.6 Å². The second kappa shape index (κ2) is 6.85. The molecule has 1 N–H and O–H groups in total. The minimum Gasteiger partial charge on any atom is -0.351 e. The van der Waals surface area contributed by atoms with E-state index in [1.54, 1.807) is 11.3 Å². The number of carbonyl (C=O) groups is 1. The molecule has 0 unspecified atom stereocenters. The molecule has 1 aromatic rings. The maximum atomic E-state index is 11.3. The average Bonchev–Trinajstić information content (AvgIpc) is 2.62. The van der Waals surface area contributed by atoms with Crippen molar-refractivity contribution in [2.24, 2.45) is 0 Å². The van der Waals surface area contributed by atoms with Crippen LogP contribution in [0.3, 0.4) is 0 Å². The van der Waals surface area contributed by atoms with Crippen LogP contribution in [0.1, 0.15) is 29.0 Å². The van der Waals surface area contributed by atoms with Crippen LogP contribution in [0.5, 0.6) is 0 Å². The number of alkyl halides is 1. The number of carbonyl (C=O) groups excluding carboxylic acids is 1. The lowest BCUT2D eigenvalue weighted by molar-refractivity contribution is -0.121. The van der Waals surface area contributed by atoms with E-state index in [4.69, 9.17) is 11.6 Å². The fourth-order valence-corrected chi connectivity index (χ4v) is 2.25. The van der Waals surface area contributed by atoms with Crippen LogP contribution in [0, 0.1) is 6.92 Å². The van der Waals surface area contributed by atoms with Crippen molar-refractivity contribution in [2.75, 3.05) is 5.88 Å². The summed E-state index contributed by atoms with van der Waals surface area (Å²) in [5.41, 5.74) is 0. The van der Waals surface area contributed by atoms with E-state index in [9.17, 15) is 4.79 Å². The van der Waals surface area contributed by atoms with Crippen LogP contribution in [0.15, 0.2) is 12.1 Å². The highest BCUT2D eigenvalue weighted by atomic mass is 35.5. The smallest absolute Gasteiger partial charge is 0.220 e. The number of amides is 1. The summed E-state index contributed by atoms with van der Waals surface area (Å²) in [6, 6.07) is 4.12. The lowest BCUT2D eigenvalue weighted by Gasteiger charge is -2.02. The van der Waals surface area contributed by atoms with E-state index in [1.807, 2.05) is 0 Å². The first-order valence-corrected chi connectivity index (χ1v) is 6.45. The van der Waals surface area contributed by atoms with E-state index in [-0.39, 0.29) is 5.91 Å². The Morgan fingerprint density at radius 1 is 1.47 bits per heavy atom. The fourth-order valence-electron chi connectivity index (χ4n) is 1.23. The van der Waals surface area contributed by atoms with Crippen LogP contribution in [0.4, 0.5) is 0 Å². The molecule has 4 heteroatoms. The zero-order valence-corrected chi connectivity index (χ0v) is 10.5. The van der Waals surface area contributed by atoms with Gasteiger partial charge in [-0.2, -0.15) is 0 Å². The van der Waals surface area contributed by atoms with Gasteiger partial charge in [-0.1, -0.05) is 0 Å². The molecule has 0 bridgehead atoms. The fraction of sp³-hybridized carbons (Fsp3) is 0.545. The van der Waals surface area contributed by atoms with E-state index in [1.165, 1.54) is 9.75 Å². The summed E-state index contributed by atoms with van der Waals surface area (Å²) in [5.74, 6) is 0.753. The molecule has 0 radical (unpaired) electrons. The number of hydrogen-bond donors (Lipinski definition) is 1. The van der Waals surface area contributed by atoms with E-state index in [0.29, 0.717) is 18.8 Å². The molecular formula is C11H16ClNOS. The van der Waals surface area contributed by atoms with Gasteiger partial charge in [-0.15, -0.1) is 22.9 Å². The first kappa shape index (κ1) is 12.5. The van der Waals surface area contributed by atoms with Gasteiger partial charge >= 0.3 is 0 Å². The summed E-state index contributed by atoms with van der Waals surface area (Å²) in [4.78, 5) is 13.8. The van der Waals surface area contributed by atoms with Crippen LogP contribution in [-0.2, 0) is 11.3 Å². The van der Waals surface area contributed by atoms with Gasteiger partial charge < -0.3 is 5.32 Å². The van der Waals surface area contributed by atoms with Crippen LogP contribution in [-0.4, -0.2) is 11.8 Å². The number of rotatable bonds is 6. The first-order chi connectivity index (χ1) is 7.22. The molecule has 1 amide bonds. The molecule has 0 saturated heterocycles. The monoisotopic (exact) mass is 245 g/mol.